The van der Waals surface area contributed by atoms with Gasteiger partial charge in [-0.25, -0.2) is 4.79 Å². The number of alkyl halides is 1. The molecule has 14 heavy (non-hydrogen) atoms. The van der Waals surface area contributed by atoms with Gasteiger partial charge in [-0.1, -0.05) is 15.9 Å². The van der Waals surface area contributed by atoms with Crippen molar-refractivity contribution in [3.63, 3.8) is 0 Å². The van der Waals surface area contributed by atoms with Crippen LogP contribution < -0.4 is 0 Å². The van der Waals surface area contributed by atoms with E-state index in [1.807, 2.05) is 0 Å². The Hall–Kier alpha value is -0.140. The maximum absolute atomic E-state index is 10.5. The fourth-order valence-electron chi connectivity index (χ4n) is 4.33. The molecule has 2 atom stereocenters. The number of halogens is 1. The summed E-state index contributed by atoms with van der Waals surface area (Å²) in [5, 5.41) is 0. The van der Waals surface area contributed by atoms with Crippen molar-refractivity contribution in [1.82, 2.24) is 0 Å². The maximum Gasteiger partial charge on any atom is 0.235 e. The van der Waals surface area contributed by atoms with Crippen LogP contribution in [0.25, 0.3) is 0 Å². The number of carbonyl (C=O) groups excluding carboxylic acids is 1. The zero-order valence-electron chi connectivity index (χ0n) is 8.13. The molecule has 0 radical (unpaired) electrons. The molecule has 4 bridgehead atoms. The molecule has 4 saturated carbocycles. The summed E-state index contributed by atoms with van der Waals surface area (Å²) in [7, 11) is 0. The average molecular weight is 256 g/mol. The number of aliphatic imine (C=N–C) groups is 1. The van der Waals surface area contributed by atoms with Crippen molar-refractivity contribution in [3.05, 3.63) is 0 Å². The zero-order valence-corrected chi connectivity index (χ0v) is 9.72. The van der Waals surface area contributed by atoms with Crippen molar-refractivity contribution in [1.29, 1.82) is 0 Å². The van der Waals surface area contributed by atoms with Gasteiger partial charge in [-0.3, -0.25) is 0 Å². The van der Waals surface area contributed by atoms with Gasteiger partial charge in [0.25, 0.3) is 0 Å². The summed E-state index contributed by atoms with van der Waals surface area (Å²) in [6.07, 6.45) is 9.06. The second-order valence-electron chi connectivity index (χ2n) is 5.54. The van der Waals surface area contributed by atoms with Gasteiger partial charge < -0.3 is 0 Å². The molecule has 4 aliphatic rings. The predicted molar refractivity (Wildman–Crippen MR) is 57.2 cm³/mol. The van der Waals surface area contributed by atoms with Crippen molar-refractivity contribution in [2.24, 2.45) is 16.8 Å². The van der Waals surface area contributed by atoms with Crippen LogP contribution in [0, 0.1) is 11.8 Å². The molecule has 0 amide bonds. The van der Waals surface area contributed by atoms with E-state index in [0.717, 1.165) is 31.1 Å². The minimum absolute atomic E-state index is 0.0324. The normalized spacial score (nSPS) is 54.4. The van der Waals surface area contributed by atoms with E-state index in [-0.39, 0.29) is 5.54 Å². The van der Waals surface area contributed by atoms with Crippen molar-refractivity contribution < 1.29 is 4.79 Å². The Balaban J connectivity index is 2.00. The highest BCUT2D eigenvalue weighted by Gasteiger charge is 2.57. The van der Waals surface area contributed by atoms with Crippen LogP contribution in [0.3, 0.4) is 0 Å². The van der Waals surface area contributed by atoms with Crippen molar-refractivity contribution in [2.45, 2.75) is 48.4 Å². The summed E-state index contributed by atoms with van der Waals surface area (Å²) in [4.78, 5) is 14.6. The molecule has 0 aliphatic heterocycles. The first kappa shape index (κ1) is 9.11. The summed E-state index contributed by atoms with van der Waals surface area (Å²) in [5.41, 5.74) is -0.0324. The molecule has 0 heterocycles. The van der Waals surface area contributed by atoms with E-state index in [0.29, 0.717) is 4.32 Å². The smallest absolute Gasteiger partial charge is 0.211 e. The molecular formula is C11H14BrNO. The van der Waals surface area contributed by atoms with E-state index in [9.17, 15) is 4.79 Å². The average Bonchev–Trinajstić information content (AvgIpc) is 1.97. The summed E-state index contributed by atoms with van der Waals surface area (Å²) >= 11 is 3.87. The highest BCUT2D eigenvalue weighted by atomic mass is 79.9. The monoisotopic (exact) mass is 255 g/mol. The van der Waals surface area contributed by atoms with Gasteiger partial charge in [0.1, 0.15) is 0 Å². The van der Waals surface area contributed by atoms with Gasteiger partial charge >= 0.3 is 0 Å². The van der Waals surface area contributed by atoms with Crippen LogP contribution in [0.2, 0.25) is 0 Å². The number of nitrogens with zero attached hydrogens (tertiary/aromatic N) is 1. The third kappa shape index (κ3) is 1.22. The van der Waals surface area contributed by atoms with Gasteiger partial charge in [0.15, 0.2) is 0 Å². The highest BCUT2D eigenvalue weighted by Crippen LogP contribution is 2.61. The standard InChI is InChI=1S/C11H14BrNO/c12-10-2-8-1-9(3-10)5-11(4-8,6-10)13-7-14/h8-9H,1-6H2. The lowest BCUT2D eigenvalue weighted by Gasteiger charge is -2.58. The van der Waals surface area contributed by atoms with E-state index in [2.05, 4.69) is 20.9 Å². The summed E-state index contributed by atoms with van der Waals surface area (Å²) < 4.78 is 0.303. The molecular weight excluding hydrogens is 242 g/mol. The third-order valence-corrected chi connectivity index (χ3v) is 5.17. The Labute approximate surface area is 92.3 Å². The first-order chi connectivity index (χ1) is 6.63. The molecule has 0 N–H and O–H groups in total. The first-order valence-electron chi connectivity index (χ1n) is 5.41. The van der Waals surface area contributed by atoms with Crippen LogP contribution in [0.15, 0.2) is 4.99 Å². The van der Waals surface area contributed by atoms with Crippen molar-refractivity contribution >= 4 is 22.0 Å². The van der Waals surface area contributed by atoms with Gasteiger partial charge in [0.2, 0.25) is 6.08 Å². The Morgan fingerprint density at radius 2 is 1.86 bits per heavy atom. The molecule has 2 unspecified atom stereocenters. The van der Waals surface area contributed by atoms with Gasteiger partial charge in [-0.15, -0.1) is 0 Å². The van der Waals surface area contributed by atoms with Crippen molar-refractivity contribution in [2.75, 3.05) is 0 Å². The molecule has 0 saturated heterocycles. The fourth-order valence-corrected chi connectivity index (χ4v) is 5.77. The van der Waals surface area contributed by atoms with Crippen LogP contribution in [0.1, 0.15) is 38.5 Å². The van der Waals surface area contributed by atoms with E-state index in [4.69, 9.17) is 0 Å². The van der Waals surface area contributed by atoms with Crippen LogP contribution in [0.5, 0.6) is 0 Å². The Kier molecular flexibility index (Phi) is 1.76. The van der Waals surface area contributed by atoms with E-state index in [1.165, 1.54) is 19.3 Å². The molecule has 0 spiro atoms. The topological polar surface area (TPSA) is 29.4 Å². The second kappa shape index (κ2) is 2.70. The lowest BCUT2D eigenvalue weighted by Crippen LogP contribution is -2.55. The molecule has 76 valence electrons. The molecule has 0 aromatic rings. The summed E-state index contributed by atoms with van der Waals surface area (Å²) in [6.45, 7) is 0. The number of rotatable bonds is 1. The molecule has 4 rings (SSSR count). The second-order valence-corrected chi connectivity index (χ2v) is 7.22. The first-order valence-corrected chi connectivity index (χ1v) is 6.20. The fraction of sp³-hybridized carbons (Fsp3) is 0.909. The molecule has 4 fully saturated rings. The van der Waals surface area contributed by atoms with Gasteiger partial charge in [-0.05, 0) is 50.4 Å². The van der Waals surface area contributed by atoms with E-state index < -0.39 is 0 Å². The van der Waals surface area contributed by atoms with Gasteiger partial charge in [-0.2, -0.15) is 4.99 Å². The number of hydrogen-bond acceptors (Lipinski definition) is 2. The van der Waals surface area contributed by atoms with Crippen LogP contribution >= 0.6 is 15.9 Å². The third-order valence-electron chi connectivity index (χ3n) is 4.24. The Morgan fingerprint density at radius 1 is 1.21 bits per heavy atom. The SMILES string of the molecule is O=C=NC12CC3CC(CC(Br)(C3)C1)C2. The minimum atomic E-state index is -0.0324. The van der Waals surface area contributed by atoms with Gasteiger partial charge in [0, 0.05) is 4.32 Å². The van der Waals surface area contributed by atoms with Gasteiger partial charge in [0.05, 0.1) is 5.54 Å². The molecule has 3 heteroatoms. The van der Waals surface area contributed by atoms with Crippen LogP contribution in [0.4, 0.5) is 0 Å². The van der Waals surface area contributed by atoms with E-state index >= 15 is 0 Å². The van der Waals surface area contributed by atoms with Crippen LogP contribution in [-0.4, -0.2) is 15.9 Å². The number of hydrogen-bond donors (Lipinski definition) is 0. The number of isocyanates is 1. The predicted octanol–water partition coefficient (Wildman–Crippen LogP) is 2.81. The highest BCUT2D eigenvalue weighted by molar-refractivity contribution is 9.10. The molecule has 0 aromatic carbocycles. The maximum atomic E-state index is 10.5. The Bertz CT molecular complexity index is 307. The minimum Gasteiger partial charge on any atom is -0.211 e. The van der Waals surface area contributed by atoms with Crippen LogP contribution in [-0.2, 0) is 4.79 Å². The largest absolute Gasteiger partial charge is 0.235 e. The molecule has 0 aromatic heterocycles. The zero-order chi connectivity index (χ0) is 9.81. The molecule has 4 aliphatic carbocycles. The lowest BCUT2D eigenvalue weighted by atomic mass is 9.53. The van der Waals surface area contributed by atoms with E-state index in [1.54, 1.807) is 6.08 Å². The summed E-state index contributed by atoms with van der Waals surface area (Å²) in [6, 6.07) is 0. The Morgan fingerprint density at radius 3 is 2.36 bits per heavy atom. The molecule has 2 nitrogen and oxygen atoms in total. The lowest BCUT2D eigenvalue weighted by molar-refractivity contribution is 0.0219. The summed E-state index contributed by atoms with van der Waals surface area (Å²) in [5.74, 6) is 1.60. The van der Waals surface area contributed by atoms with Crippen molar-refractivity contribution in [3.8, 4) is 0 Å². The quantitative estimate of drug-likeness (QED) is 0.403.